The number of amides is 3. The van der Waals surface area contributed by atoms with Gasteiger partial charge in [-0.25, -0.2) is 18.4 Å². The molecule has 0 saturated heterocycles. The first-order valence-electron chi connectivity index (χ1n) is 10.2. The average Bonchev–Trinajstić information content (AvgIpc) is 2.69. The van der Waals surface area contributed by atoms with Crippen molar-refractivity contribution >= 4 is 23.5 Å². The predicted octanol–water partition coefficient (Wildman–Crippen LogP) is 4.91. The Kier molecular flexibility index (Phi) is 8.54. The molecule has 32 heavy (non-hydrogen) atoms. The lowest BCUT2D eigenvalue weighted by atomic mass is 10.2. The maximum Gasteiger partial charge on any atom is 0.410 e. The fourth-order valence-electron chi connectivity index (χ4n) is 2.73. The molecule has 2 rings (SSSR count). The van der Waals surface area contributed by atoms with Crippen molar-refractivity contribution in [2.45, 2.75) is 32.9 Å². The lowest BCUT2D eigenvalue weighted by molar-refractivity contribution is 0.0286. The van der Waals surface area contributed by atoms with Gasteiger partial charge >= 0.3 is 12.1 Å². The Morgan fingerprint density at radius 1 is 0.969 bits per heavy atom. The highest BCUT2D eigenvalue weighted by Crippen LogP contribution is 2.18. The number of hydrogen-bond donors (Lipinski definition) is 2. The van der Waals surface area contributed by atoms with Gasteiger partial charge in [0.1, 0.15) is 17.2 Å². The highest BCUT2D eigenvalue weighted by Gasteiger charge is 2.19. The number of likely N-dealkylation sites (N-methyl/N-ethyl adjacent to an activating group) is 2. The van der Waals surface area contributed by atoms with Crippen LogP contribution in [0.4, 0.5) is 29.7 Å². The second kappa shape index (κ2) is 10.9. The van der Waals surface area contributed by atoms with Crippen LogP contribution in [0.2, 0.25) is 0 Å². The van der Waals surface area contributed by atoms with Crippen LogP contribution in [0, 0.1) is 11.6 Å². The summed E-state index contributed by atoms with van der Waals surface area (Å²) >= 11 is 0. The Morgan fingerprint density at radius 2 is 1.62 bits per heavy atom. The third-order valence-electron chi connectivity index (χ3n) is 4.36. The Labute approximate surface area is 187 Å². The first kappa shape index (κ1) is 25.1. The summed E-state index contributed by atoms with van der Waals surface area (Å²) in [5.41, 5.74) is 0.638. The molecule has 2 N–H and O–H groups in total. The van der Waals surface area contributed by atoms with Crippen molar-refractivity contribution in [2.75, 3.05) is 37.8 Å². The van der Waals surface area contributed by atoms with E-state index in [9.17, 15) is 18.4 Å². The molecule has 7 nitrogen and oxygen atoms in total. The molecular formula is C23H30F2N4O3. The summed E-state index contributed by atoms with van der Waals surface area (Å²) < 4.78 is 32.5. The van der Waals surface area contributed by atoms with Crippen LogP contribution in [-0.4, -0.2) is 54.7 Å². The average molecular weight is 449 g/mol. The predicted molar refractivity (Wildman–Crippen MR) is 121 cm³/mol. The summed E-state index contributed by atoms with van der Waals surface area (Å²) in [5, 5.41) is 4.99. The molecule has 3 amide bonds. The molecule has 0 saturated carbocycles. The number of anilines is 2. The van der Waals surface area contributed by atoms with Crippen LogP contribution in [0.1, 0.15) is 26.3 Å². The van der Waals surface area contributed by atoms with E-state index in [1.807, 2.05) is 32.7 Å². The highest BCUT2D eigenvalue weighted by atomic mass is 19.1. The van der Waals surface area contributed by atoms with Gasteiger partial charge in [-0.2, -0.15) is 0 Å². The van der Waals surface area contributed by atoms with Crippen LogP contribution in [-0.2, 0) is 11.3 Å². The normalized spacial score (nSPS) is 11.2. The van der Waals surface area contributed by atoms with Gasteiger partial charge in [0.15, 0.2) is 0 Å². The van der Waals surface area contributed by atoms with Crippen molar-refractivity contribution in [1.29, 1.82) is 0 Å². The van der Waals surface area contributed by atoms with Gasteiger partial charge in [-0.3, -0.25) is 0 Å². The van der Waals surface area contributed by atoms with Crippen LogP contribution in [0.5, 0.6) is 0 Å². The van der Waals surface area contributed by atoms with Crippen LogP contribution >= 0.6 is 0 Å². The van der Waals surface area contributed by atoms with Gasteiger partial charge in [0, 0.05) is 32.4 Å². The van der Waals surface area contributed by atoms with E-state index < -0.39 is 29.4 Å². The molecule has 2 aromatic rings. The van der Waals surface area contributed by atoms with Gasteiger partial charge in [0.2, 0.25) is 0 Å². The van der Waals surface area contributed by atoms with E-state index >= 15 is 0 Å². The smallest absolute Gasteiger partial charge is 0.410 e. The number of carbonyl (C=O) groups is 2. The van der Waals surface area contributed by atoms with E-state index in [4.69, 9.17) is 4.74 Å². The van der Waals surface area contributed by atoms with E-state index in [2.05, 4.69) is 10.6 Å². The van der Waals surface area contributed by atoms with E-state index in [1.54, 1.807) is 19.2 Å². The number of benzene rings is 2. The molecule has 9 heteroatoms. The summed E-state index contributed by atoms with van der Waals surface area (Å²) in [5.74, 6) is -0.994. The van der Waals surface area contributed by atoms with Crippen LogP contribution in [0.25, 0.3) is 0 Å². The van der Waals surface area contributed by atoms with E-state index in [0.29, 0.717) is 25.3 Å². The second-order valence-electron chi connectivity index (χ2n) is 8.54. The minimum absolute atomic E-state index is 0.0291. The molecule has 0 radical (unpaired) electrons. The standard InChI is InChI=1S/C23H30F2N4O3/c1-23(2,3)32-22(31)29(5)13-12-28(4)15-16-6-11-19(25)20(14-16)27-21(30)26-18-9-7-17(24)8-10-18/h6-11,14H,12-13,15H2,1-5H3,(H2,26,27,30). The zero-order valence-corrected chi connectivity index (χ0v) is 19.0. The number of nitrogens with one attached hydrogen (secondary N) is 2. The molecule has 0 fully saturated rings. The van der Waals surface area contributed by atoms with E-state index in [-0.39, 0.29) is 5.69 Å². The molecular weight excluding hydrogens is 418 g/mol. The first-order chi connectivity index (χ1) is 14.9. The zero-order valence-electron chi connectivity index (χ0n) is 19.0. The molecule has 174 valence electrons. The highest BCUT2D eigenvalue weighted by molar-refractivity contribution is 5.99. The summed E-state index contributed by atoms with van der Waals surface area (Å²) in [4.78, 5) is 27.7. The van der Waals surface area contributed by atoms with Crippen LogP contribution in [0.15, 0.2) is 42.5 Å². The summed E-state index contributed by atoms with van der Waals surface area (Å²) in [6, 6.07) is 9.07. The van der Waals surface area contributed by atoms with Crippen molar-refractivity contribution in [3.63, 3.8) is 0 Å². The quantitative estimate of drug-likeness (QED) is 0.631. The molecule has 0 aliphatic heterocycles. The molecule has 0 unspecified atom stereocenters. The zero-order chi connectivity index (χ0) is 23.9. The minimum atomic E-state index is -0.639. The molecule has 0 bridgehead atoms. The summed E-state index contributed by atoms with van der Waals surface area (Å²) in [6.07, 6.45) is -0.397. The van der Waals surface area contributed by atoms with Gasteiger partial charge in [-0.1, -0.05) is 6.07 Å². The van der Waals surface area contributed by atoms with Gasteiger partial charge in [0.05, 0.1) is 5.69 Å². The van der Waals surface area contributed by atoms with Gasteiger partial charge in [-0.05, 0) is 69.8 Å². The van der Waals surface area contributed by atoms with Crippen molar-refractivity contribution in [3.05, 3.63) is 59.7 Å². The van der Waals surface area contributed by atoms with Gasteiger partial charge < -0.3 is 25.2 Å². The summed E-state index contributed by atoms with van der Waals surface area (Å²) in [6.45, 7) is 6.94. The number of carbonyl (C=O) groups excluding carboxylic acids is 2. The first-order valence-corrected chi connectivity index (χ1v) is 10.2. The Bertz CT molecular complexity index is 930. The number of halogens is 2. The number of nitrogens with zero attached hydrogens (tertiary/aromatic N) is 2. The van der Waals surface area contributed by atoms with Crippen LogP contribution < -0.4 is 10.6 Å². The minimum Gasteiger partial charge on any atom is -0.444 e. The molecule has 0 aliphatic rings. The third-order valence-corrected chi connectivity index (χ3v) is 4.36. The lowest BCUT2D eigenvalue weighted by Gasteiger charge is -2.26. The number of ether oxygens (including phenoxy) is 1. The Morgan fingerprint density at radius 3 is 2.25 bits per heavy atom. The fraction of sp³-hybridized carbons (Fsp3) is 0.391. The third kappa shape index (κ3) is 8.50. The molecule has 0 aliphatic carbocycles. The molecule has 0 atom stereocenters. The van der Waals surface area contributed by atoms with Crippen molar-refractivity contribution in [1.82, 2.24) is 9.80 Å². The monoisotopic (exact) mass is 448 g/mol. The second-order valence-corrected chi connectivity index (χ2v) is 8.54. The van der Waals surface area contributed by atoms with Crippen molar-refractivity contribution in [3.8, 4) is 0 Å². The van der Waals surface area contributed by atoms with E-state index in [1.165, 1.54) is 35.2 Å². The largest absolute Gasteiger partial charge is 0.444 e. The lowest BCUT2D eigenvalue weighted by Crippen LogP contribution is -2.38. The maximum atomic E-state index is 14.2. The number of urea groups is 1. The SMILES string of the molecule is CN(CCN(C)C(=O)OC(C)(C)C)Cc1ccc(F)c(NC(=O)Nc2ccc(F)cc2)c1. The maximum absolute atomic E-state index is 14.2. The Hall–Kier alpha value is -3.20. The molecule has 2 aromatic carbocycles. The number of rotatable bonds is 7. The molecule has 0 heterocycles. The molecule has 0 spiro atoms. The fourth-order valence-corrected chi connectivity index (χ4v) is 2.73. The van der Waals surface area contributed by atoms with E-state index in [0.717, 1.165) is 5.56 Å². The Balaban J connectivity index is 1.90. The van der Waals surface area contributed by atoms with Crippen molar-refractivity contribution in [2.24, 2.45) is 0 Å². The van der Waals surface area contributed by atoms with Gasteiger partial charge in [-0.15, -0.1) is 0 Å². The summed E-state index contributed by atoms with van der Waals surface area (Å²) in [7, 11) is 3.54. The topological polar surface area (TPSA) is 73.9 Å². The molecule has 0 aromatic heterocycles. The van der Waals surface area contributed by atoms with Crippen LogP contribution in [0.3, 0.4) is 0 Å². The van der Waals surface area contributed by atoms with Gasteiger partial charge in [0.25, 0.3) is 0 Å². The van der Waals surface area contributed by atoms with Crippen molar-refractivity contribution < 1.29 is 23.1 Å². The number of hydrogen-bond acceptors (Lipinski definition) is 4.